The van der Waals surface area contributed by atoms with E-state index in [1.54, 1.807) is 31.5 Å². The van der Waals surface area contributed by atoms with Crippen LogP contribution in [-0.2, 0) is 11.2 Å². The third kappa shape index (κ3) is 3.58. The molecule has 0 spiro atoms. The molecule has 2 aromatic heterocycles. The fourth-order valence-corrected chi connectivity index (χ4v) is 2.10. The molecule has 0 saturated carbocycles. The van der Waals surface area contributed by atoms with Gasteiger partial charge in [-0.25, -0.2) is 9.78 Å². The third-order valence-electron chi connectivity index (χ3n) is 3.18. The number of nitrogens with one attached hydrogen (secondary N) is 1. The summed E-state index contributed by atoms with van der Waals surface area (Å²) >= 11 is 0. The number of esters is 1. The summed E-state index contributed by atoms with van der Waals surface area (Å²) in [6.07, 6.45) is 5.61. The maximum absolute atomic E-state index is 12.3. The number of pyridine rings is 1. The van der Waals surface area contributed by atoms with Crippen LogP contribution in [0.15, 0.2) is 29.3 Å². The number of ether oxygens (including phenoxy) is 1. The van der Waals surface area contributed by atoms with Crippen molar-refractivity contribution in [1.82, 2.24) is 15.0 Å². The van der Waals surface area contributed by atoms with Gasteiger partial charge in [0, 0.05) is 18.0 Å². The van der Waals surface area contributed by atoms with Crippen LogP contribution in [0, 0.1) is 0 Å². The summed E-state index contributed by atoms with van der Waals surface area (Å²) in [5.74, 6) is -0.211. The second kappa shape index (κ2) is 7.49. The van der Waals surface area contributed by atoms with Crippen LogP contribution >= 0.6 is 0 Å². The van der Waals surface area contributed by atoms with Crippen LogP contribution in [0.25, 0.3) is 11.4 Å². The van der Waals surface area contributed by atoms with E-state index in [2.05, 4.69) is 15.0 Å². The van der Waals surface area contributed by atoms with Crippen molar-refractivity contribution in [1.29, 1.82) is 0 Å². The number of hydrogen-bond acceptors (Lipinski definition) is 5. The lowest BCUT2D eigenvalue weighted by molar-refractivity contribution is 0.0522. The molecule has 2 aromatic rings. The molecule has 2 heterocycles. The molecule has 0 aliphatic rings. The maximum Gasteiger partial charge on any atom is 0.345 e. The van der Waals surface area contributed by atoms with Gasteiger partial charge in [0.05, 0.1) is 12.3 Å². The van der Waals surface area contributed by atoms with Crippen LogP contribution in [0.3, 0.4) is 0 Å². The summed E-state index contributed by atoms with van der Waals surface area (Å²) in [5.41, 5.74) is 0.706. The first-order valence-electron chi connectivity index (χ1n) is 7.38. The number of carbonyl (C=O) groups excluding carboxylic acids is 1. The van der Waals surface area contributed by atoms with E-state index in [0.29, 0.717) is 23.5 Å². The summed E-state index contributed by atoms with van der Waals surface area (Å²) < 4.78 is 4.96. The average Bonchev–Trinajstić information content (AvgIpc) is 2.53. The molecule has 22 heavy (non-hydrogen) atoms. The second-order valence-electron chi connectivity index (χ2n) is 4.80. The Kier molecular flexibility index (Phi) is 5.41. The highest BCUT2D eigenvalue weighted by atomic mass is 16.5. The maximum atomic E-state index is 12.3. The first-order chi connectivity index (χ1) is 10.7. The summed E-state index contributed by atoms with van der Waals surface area (Å²) in [4.78, 5) is 35.4. The van der Waals surface area contributed by atoms with Crippen molar-refractivity contribution in [2.45, 2.75) is 33.1 Å². The van der Waals surface area contributed by atoms with Gasteiger partial charge in [-0.15, -0.1) is 0 Å². The van der Waals surface area contributed by atoms with Crippen LogP contribution < -0.4 is 5.56 Å². The van der Waals surface area contributed by atoms with Gasteiger partial charge in [0.15, 0.2) is 0 Å². The molecule has 0 unspecified atom stereocenters. The molecule has 0 aliphatic carbocycles. The number of nitrogens with zero attached hydrogens (tertiary/aromatic N) is 2. The van der Waals surface area contributed by atoms with E-state index in [1.807, 2.05) is 6.92 Å². The number of rotatable bonds is 6. The molecular formula is C16H19N3O3. The van der Waals surface area contributed by atoms with Crippen LogP contribution in [0.2, 0.25) is 0 Å². The first-order valence-corrected chi connectivity index (χ1v) is 7.38. The normalized spacial score (nSPS) is 10.5. The fraction of sp³-hybridized carbons (Fsp3) is 0.375. The number of aromatic nitrogens is 3. The lowest BCUT2D eigenvalue weighted by atomic mass is 10.1. The number of aryl methyl sites for hydroxylation is 1. The highest BCUT2D eigenvalue weighted by Gasteiger charge is 2.20. The van der Waals surface area contributed by atoms with E-state index >= 15 is 0 Å². The lowest BCUT2D eigenvalue weighted by Gasteiger charge is -2.09. The highest BCUT2D eigenvalue weighted by Crippen LogP contribution is 2.15. The number of unbranched alkanes of at least 4 members (excludes halogenated alkanes) is 1. The Bertz CT molecular complexity index is 696. The smallest absolute Gasteiger partial charge is 0.345 e. The first kappa shape index (κ1) is 15.9. The summed E-state index contributed by atoms with van der Waals surface area (Å²) in [7, 11) is 0. The zero-order valence-electron chi connectivity index (χ0n) is 12.8. The van der Waals surface area contributed by atoms with E-state index in [4.69, 9.17) is 4.74 Å². The molecule has 6 nitrogen and oxygen atoms in total. The molecule has 0 fully saturated rings. The van der Waals surface area contributed by atoms with E-state index in [1.165, 1.54) is 0 Å². The quantitative estimate of drug-likeness (QED) is 0.828. The van der Waals surface area contributed by atoms with Gasteiger partial charge in [0.2, 0.25) is 0 Å². The van der Waals surface area contributed by atoms with Crippen molar-refractivity contribution in [3.8, 4) is 11.4 Å². The minimum absolute atomic E-state index is 0.00272. The standard InChI is InChI=1S/C16H19N3O3/c1-3-5-8-12-13(16(21)22-4-2)15(20)19-14(18-12)11-7-6-9-17-10-11/h6-7,9-10H,3-5,8H2,1-2H3,(H,18,19,20). The Labute approximate surface area is 128 Å². The van der Waals surface area contributed by atoms with Gasteiger partial charge in [-0.3, -0.25) is 9.78 Å². The molecule has 2 rings (SSSR count). The van der Waals surface area contributed by atoms with Crippen molar-refractivity contribution >= 4 is 5.97 Å². The monoisotopic (exact) mass is 301 g/mol. The summed E-state index contributed by atoms with van der Waals surface area (Å²) in [6, 6.07) is 3.57. The largest absolute Gasteiger partial charge is 0.462 e. The van der Waals surface area contributed by atoms with Crippen molar-refractivity contribution in [2.75, 3.05) is 6.61 Å². The number of H-pyrrole nitrogens is 1. The van der Waals surface area contributed by atoms with Gasteiger partial charge < -0.3 is 9.72 Å². The molecular weight excluding hydrogens is 282 g/mol. The Morgan fingerprint density at radius 2 is 2.18 bits per heavy atom. The van der Waals surface area contributed by atoms with Gasteiger partial charge in [-0.05, 0) is 31.9 Å². The molecule has 6 heteroatoms. The predicted molar refractivity (Wildman–Crippen MR) is 82.7 cm³/mol. The van der Waals surface area contributed by atoms with Crippen LogP contribution in [0.4, 0.5) is 0 Å². The van der Waals surface area contributed by atoms with Crippen molar-refractivity contribution in [2.24, 2.45) is 0 Å². The summed E-state index contributed by atoms with van der Waals surface area (Å²) in [5, 5.41) is 0. The van der Waals surface area contributed by atoms with E-state index in [9.17, 15) is 9.59 Å². The summed E-state index contributed by atoms with van der Waals surface area (Å²) in [6.45, 7) is 3.96. The number of aromatic amines is 1. The van der Waals surface area contributed by atoms with Crippen LogP contribution in [0.1, 0.15) is 42.7 Å². The Morgan fingerprint density at radius 1 is 1.36 bits per heavy atom. The topological polar surface area (TPSA) is 84.9 Å². The van der Waals surface area contributed by atoms with Gasteiger partial charge in [-0.1, -0.05) is 13.3 Å². The SMILES string of the molecule is CCCCc1nc(-c2cccnc2)[nH]c(=O)c1C(=O)OCC. The van der Waals surface area contributed by atoms with Crippen LogP contribution in [-0.4, -0.2) is 27.5 Å². The molecule has 116 valence electrons. The van der Waals surface area contributed by atoms with Crippen LogP contribution in [0.5, 0.6) is 0 Å². The lowest BCUT2D eigenvalue weighted by Crippen LogP contribution is -2.24. The Hall–Kier alpha value is -2.50. The second-order valence-corrected chi connectivity index (χ2v) is 4.80. The number of carbonyl (C=O) groups is 1. The molecule has 1 N–H and O–H groups in total. The fourth-order valence-electron chi connectivity index (χ4n) is 2.10. The van der Waals surface area contributed by atoms with Gasteiger partial charge >= 0.3 is 5.97 Å². The molecule has 0 aromatic carbocycles. The molecule has 0 aliphatic heterocycles. The molecule has 0 saturated heterocycles. The zero-order valence-corrected chi connectivity index (χ0v) is 12.8. The van der Waals surface area contributed by atoms with E-state index in [-0.39, 0.29) is 12.2 Å². The number of hydrogen-bond donors (Lipinski definition) is 1. The molecule has 0 bridgehead atoms. The van der Waals surface area contributed by atoms with Gasteiger partial charge in [0.25, 0.3) is 5.56 Å². The van der Waals surface area contributed by atoms with Crippen molar-refractivity contribution < 1.29 is 9.53 Å². The minimum Gasteiger partial charge on any atom is -0.462 e. The molecule has 0 amide bonds. The van der Waals surface area contributed by atoms with Gasteiger partial charge in [-0.2, -0.15) is 0 Å². The Morgan fingerprint density at radius 3 is 2.82 bits per heavy atom. The molecule has 0 radical (unpaired) electrons. The zero-order chi connectivity index (χ0) is 15.9. The van der Waals surface area contributed by atoms with Gasteiger partial charge in [0.1, 0.15) is 11.4 Å². The minimum atomic E-state index is -0.625. The highest BCUT2D eigenvalue weighted by molar-refractivity contribution is 5.90. The third-order valence-corrected chi connectivity index (χ3v) is 3.18. The van der Waals surface area contributed by atoms with E-state index in [0.717, 1.165) is 12.8 Å². The average molecular weight is 301 g/mol. The van der Waals surface area contributed by atoms with Crippen molar-refractivity contribution in [3.05, 3.63) is 46.1 Å². The van der Waals surface area contributed by atoms with E-state index < -0.39 is 11.5 Å². The predicted octanol–water partition coefficient (Wildman–Crippen LogP) is 2.35. The molecule has 0 atom stereocenters. The Balaban J connectivity index is 2.51. The van der Waals surface area contributed by atoms with Crippen molar-refractivity contribution in [3.63, 3.8) is 0 Å².